The van der Waals surface area contributed by atoms with Crippen LogP contribution < -0.4 is 5.32 Å². The van der Waals surface area contributed by atoms with Gasteiger partial charge in [0.1, 0.15) is 6.04 Å². The van der Waals surface area contributed by atoms with Crippen molar-refractivity contribution in [1.29, 1.82) is 5.26 Å². The predicted octanol–water partition coefficient (Wildman–Crippen LogP) is 1.95. The number of carbonyl (C=O) groups excluding carboxylic acids is 2. The number of hydrogen-bond acceptors (Lipinski definition) is 4. The van der Waals surface area contributed by atoms with Crippen LogP contribution in [0, 0.1) is 11.3 Å². The van der Waals surface area contributed by atoms with Crippen molar-refractivity contribution in [3.8, 4) is 6.07 Å². The summed E-state index contributed by atoms with van der Waals surface area (Å²) < 4.78 is 0. The van der Waals surface area contributed by atoms with Crippen LogP contribution in [0.5, 0.6) is 0 Å². The molecule has 2 aliphatic heterocycles. The molecule has 21 heavy (non-hydrogen) atoms. The fraction of sp³-hybridized carbons (Fsp3) is 0.400. The molecular weight excluding hydrogens is 286 g/mol. The third-order valence-electron chi connectivity index (χ3n) is 4.03. The zero-order chi connectivity index (χ0) is 15.0. The average Bonchev–Trinajstić information content (AvgIpc) is 2.97. The molecule has 2 saturated heterocycles. The van der Waals surface area contributed by atoms with Crippen LogP contribution in [0.15, 0.2) is 24.3 Å². The van der Waals surface area contributed by atoms with E-state index in [1.54, 1.807) is 40.9 Å². The summed E-state index contributed by atoms with van der Waals surface area (Å²) in [7, 11) is 0. The smallest absolute Gasteiger partial charge is 0.248 e. The fourth-order valence-electron chi connectivity index (χ4n) is 2.87. The second-order valence-electron chi connectivity index (χ2n) is 5.44. The Morgan fingerprint density at radius 2 is 2.19 bits per heavy atom. The molecule has 5 nitrogen and oxygen atoms in total. The van der Waals surface area contributed by atoms with E-state index in [0.29, 0.717) is 23.4 Å². The summed E-state index contributed by atoms with van der Waals surface area (Å²) in [6, 6.07) is 8.33. The number of nitrogens with one attached hydrogen (secondary N) is 1. The van der Waals surface area contributed by atoms with Crippen molar-refractivity contribution in [2.45, 2.75) is 30.7 Å². The molecule has 0 aromatic heterocycles. The molecule has 0 aliphatic carbocycles. The second kappa shape index (κ2) is 5.08. The van der Waals surface area contributed by atoms with Gasteiger partial charge >= 0.3 is 0 Å². The molecule has 0 spiro atoms. The molecule has 3 rings (SSSR count). The van der Waals surface area contributed by atoms with E-state index in [0.717, 1.165) is 6.42 Å². The molecular formula is C15H15N3O2S. The first-order valence-electron chi connectivity index (χ1n) is 6.81. The van der Waals surface area contributed by atoms with Gasteiger partial charge in [-0.25, -0.2) is 0 Å². The molecule has 0 radical (unpaired) electrons. The van der Waals surface area contributed by atoms with Crippen molar-refractivity contribution in [2.75, 3.05) is 11.1 Å². The van der Waals surface area contributed by atoms with E-state index in [1.807, 2.05) is 13.0 Å². The highest BCUT2D eigenvalue weighted by molar-refractivity contribution is 8.01. The fourth-order valence-corrected chi connectivity index (χ4v) is 4.30. The average molecular weight is 301 g/mol. The maximum atomic E-state index is 12.4. The molecule has 0 saturated carbocycles. The van der Waals surface area contributed by atoms with Crippen molar-refractivity contribution in [2.24, 2.45) is 0 Å². The lowest BCUT2D eigenvalue weighted by Gasteiger charge is -2.29. The maximum Gasteiger partial charge on any atom is 0.248 e. The number of amides is 2. The molecule has 1 aromatic carbocycles. The van der Waals surface area contributed by atoms with Gasteiger partial charge in [-0.05, 0) is 37.6 Å². The van der Waals surface area contributed by atoms with Crippen LogP contribution in [0.25, 0.3) is 0 Å². The Bertz CT molecular complexity index is 637. The van der Waals surface area contributed by atoms with Crippen molar-refractivity contribution in [1.82, 2.24) is 4.90 Å². The minimum atomic E-state index is -0.411. The second-order valence-corrected chi connectivity index (χ2v) is 6.95. The summed E-state index contributed by atoms with van der Waals surface area (Å²) in [6.07, 6.45) is 1.32. The minimum Gasteiger partial charge on any atom is -0.324 e. The van der Waals surface area contributed by atoms with Crippen molar-refractivity contribution in [3.05, 3.63) is 29.8 Å². The summed E-state index contributed by atoms with van der Waals surface area (Å²) in [4.78, 5) is 25.9. The van der Waals surface area contributed by atoms with Gasteiger partial charge in [-0.3, -0.25) is 9.59 Å². The number of benzene rings is 1. The number of hydrogen-bond donors (Lipinski definition) is 1. The van der Waals surface area contributed by atoms with Crippen LogP contribution in [0.3, 0.4) is 0 Å². The van der Waals surface area contributed by atoms with Crippen LogP contribution in [0.2, 0.25) is 0 Å². The van der Waals surface area contributed by atoms with E-state index in [-0.39, 0.29) is 16.7 Å². The molecule has 2 aliphatic rings. The first kappa shape index (κ1) is 14.0. The number of anilines is 1. The third-order valence-corrected chi connectivity index (χ3v) is 5.53. The Morgan fingerprint density at radius 3 is 2.86 bits per heavy atom. The Balaban J connectivity index is 1.74. The Morgan fingerprint density at radius 1 is 1.48 bits per heavy atom. The van der Waals surface area contributed by atoms with Crippen LogP contribution in [-0.2, 0) is 9.59 Å². The molecule has 2 heterocycles. The molecule has 1 N–H and O–H groups in total. The zero-order valence-corrected chi connectivity index (χ0v) is 12.4. The number of fused-ring (bicyclic) bond motifs is 1. The van der Waals surface area contributed by atoms with Gasteiger partial charge in [0.05, 0.1) is 16.5 Å². The van der Waals surface area contributed by atoms with Gasteiger partial charge < -0.3 is 10.2 Å². The van der Waals surface area contributed by atoms with E-state index in [9.17, 15) is 9.59 Å². The Labute approximate surface area is 127 Å². The van der Waals surface area contributed by atoms with Gasteiger partial charge in [0.2, 0.25) is 11.8 Å². The van der Waals surface area contributed by atoms with Crippen LogP contribution in [0.4, 0.5) is 5.69 Å². The van der Waals surface area contributed by atoms with E-state index in [4.69, 9.17) is 5.26 Å². The Kier molecular flexibility index (Phi) is 3.38. The number of thioether (sulfide) groups is 1. The van der Waals surface area contributed by atoms with Crippen LogP contribution >= 0.6 is 11.8 Å². The van der Waals surface area contributed by atoms with E-state index < -0.39 is 6.04 Å². The molecule has 2 amide bonds. The van der Waals surface area contributed by atoms with Gasteiger partial charge in [-0.2, -0.15) is 5.26 Å². The van der Waals surface area contributed by atoms with E-state index in [2.05, 4.69) is 5.32 Å². The normalized spacial score (nSPS) is 27.3. The number of nitriles is 1. The van der Waals surface area contributed by atoms with Gasteiger partial charge in [0, 0.05) is 17.9 Å². The molecule has 2 atom stereocenters. The molecule has 2 fully saturated rings. The first-order valence-corrected chi connectivity index (χ1v) is 7.79. The quantitative estimate of drug-likeness (QED) is 0.906. The van der Waals surface area contributed by atoms with Gasteiger partial charge in [0.15, 0.2) is 0 Å². The summed E-state index contributed by atoms with van der Waals surface area (Å²) in [6.45, 7) is 2.03. The third kappa shape index (κ3) is 2.38. The van der Waals surface area contributed by atoms with Gasteiger partial charge in [0.25, 0.3) is 0 Å². The largest absolute Gasteiger partial charge is 0.324 e. The lowest BCUT2D eigenvalue weighted by Crippen LogP contribution is -2.48. The van der Waals surface area contributed by atoms with E-state index in [1.165, 1.54) is 0 Å². The summed E-state index contributed by atoms with van der Waals surface area (Å²) in [5.41, 5.74) is 1.19. The lowest BCUT2D eigenvalue weighted by molar-refractivity contribution is -0.135. The van der Waals surface area contributed by atoms with E-state index >= 15 is 0 Å². The topological polar surface area (TPSA) is 73.2 Å². The predicted molar refractivity (Wildman–Crippen MR) is 80.5 cm³/mol. The Hall–Kier alpha value is -2.00. The lowest BCUT2D eigenvalue weighted by atomic mass is 10.2. The standard InChI is InChI=1S/C15H15N3O2S/c1-15-7-6-13(19)18(15)12(9-21-15)14(20)17-11-4-2-10(8-16)3-5-11/h2-5,12H,6-7,9H2,1H3,(H,17,20)/t12-,15+/m0/s1. The summed E-state index contributed by atoms with van der Waals surface area (Å²) in [5.74, 6) is 0.526. The molecule has 6 heteroatoms. The zero-order valence-electron chi connectivity index (χ0n) is 11.6. The van der Waals surface area contributed by atoms with Crippen LogP contribution in [-0.4, -0.2) is 33.4 Å². The molecule has 0 unspecified atom stereocenters. The summed E-state index contributed by atoms with van der Waals surface area (Å²) in [5, 5.41) is 11.6. The number of rotatable bonds is 2. The highest BCUT2D eigenvalue weighted by Gasteiger charge is 2.52. The summed E-state index contributed by atoms with van der Waals surface area (Å²) >= 11 is 1.67. The minimum absolute atomic E-state index is 0.0579. The van der Waals surface area contributed by atoms with Gasteiger partial charge in [-0.15, -0.1) is 11.8 Å². The van der Waals surface area contributed by atoms with Crippen molar-refractivity contribution in [3.63, 3.8) is 0 Å². The highest BCUT2D eigenvalue weighted by atomic mass is 32.2. The maximum absolute atomic E-state index is 12.4. The SMILES string of the molecule is C[C@@]12CCC(=O)N1[C@H](C(=O)Nc1ccc(C#N)cc1)CS2. The molecule has 108 valence electrons. The van der Waals surface area contributed by atoms with Crippen molar-refractivity contribution >= 4 is 29.3 Å². The number of nitrogens with zero attached hydrogens (tertiary/aromatic N) is 2. The highest BCUT2D eigenvalue weighted by Crippen LogP contribution is 2.47. The number of carbonyl (C=O) groups is 2. The molecule has 1 aromatic rings. The van der Waals surface area contributed by atoms with Gasteiger partial charge in [-0.1, -0.05) is 0 Å². The first-order chi connectivity index (χ1) is 10.0. The van der Waals surface area contributed by atoms with Crippen LogP contribution in [0.1, 0.15) is 25.3 Å². The monoisotopic (exact) mass is 301 g/mol. The van der Waals surface area contributed by atoms with Crippen molar-refractivity contribution < 1.29 is 9.59 Å². The molecule has 0 bridgehead atoms.